The van der Waals surface area contributed by atoms with E-state index < -0.39 is 11.9 Å². The summed E-state index contributed by atoms with van der Waals surface area (Å²) in [5, 5.41) is 0. The van der Waals surface area contributed by atoms with E-state index in [0.717, 1.165) is 0 Å². The SMILES string of the molecule is CCOC(=O)/C=C/c1ccc(/C=C/C(=O)OCC)o1. The maximum absolute atomic E-state index is 11.1. The second kappa shape index (κ2) is 7.92. The predicted molar refractivity (Wildman–Crippen MR) is 70.0 cm³/mol. The first-order valence-corrected chi connectivity index (χ1v) is 5.95. The molecule has 0 aliphatic heterocycles. The van der Waals surface area contributed by atoms with Gasteiger partial charge in [0.05, 0.1) is 13.2 Å². The standard InChI is InChI=1S/C14H16O5/c1-3-17-13(15)9-7-11-5-6-12(19-11)8-10-14(16)18-4-2/h5-10H,3-4H2,1-2H3/b9-7+,10-8+. The highest BCUT2D eigenvalue weighted by Gasteiger charge is 1.99. The van der Waals surface area contributed by atoms with Gasteiger partial charge < -0.3 is 13.9 Å². The van der Waals surface area contributed by atoms with Crippen LogP contribution in [0.3, 0.4) is 0 Å². The number of carbonyl (C=O) groups excluding carboxylic acids is 2. The highest BCUT2D eigenvalue weighted by molar-refractivity contribution is 5.87. The van der Waals surface area contributed by atoms with Gasteiger partial charge in [0.1, 0.15) is 11.5 Å². The van der Waals surface area contributed by atoms with Crippen LogP contribution in [0, 0.1) is 0 Å². The molecule has 0 spiro atoms. The average Bonchev–Trinajstić information content (AvgIpc) is 2.83. The molecule has 0 radical (unpaired) electrons. The molecule has 0 atom stereocenters. The maximum Gasteiger partial charge on any atom is 0.330 e. The van der Waals surface area contributed by atoms with E-state index >= 15 is 0 Å². The number of carbonyl (C=O) groups is 2. The quantitative estimate of drug-likeness (QED) is 0.583. The van der Waals surface area contributed by atoms with Crippen molar-refractivity contribution in [2.24, 2.45) is 0 Å². The van der Waals surface area contributed by atoms with Crippen molar-refractivity contribution < 1.29 is 23.5 Å². The van der Waals surface area contributed by atoms with Gasteiger partial charge in [0.2, 0.25) is 0 Å². The van der Waals surface area contributed by atoms with Gasteiger partial charge in [-0.15, -0.1) is 0 Å². The summed E-state index contributed by atoms with van der Waals surface area (Å²) < 4.78 is 14.8. The maximum atomic E-state index is 11.1. The molecule has 1 rings (SSSR count). The summed E-state index contributed by atoms with van der Waals surface area (Å²) in [5.74, 6) is 0.137. The molecule has 0 N–H and O–H groups in total. The lowest BCUT2D eigenvalue weighted by molar-refractivity contribution is -0.138. The van der Waals surface area contributed by atoms with E-state index in [1.54, 1.807) is 26.0 Å². The molecule has 0 aliphatic rings. The number of furan rings is 1. The first kappa shape index (κ1) is 14.8. The molecule has 0 aliphatic carbocycles. The molecule has 5 nitrogen and oxygen atoms in total. The van der Waals surface area contributed by atoms with Crippen LogP contribution in [-0.2, 0) is 19.1 Å². The molecule has 0 saturated heterocycles. The molecule has 0 unspecified atom stereocenters. The number of hydrogen-bond acceptors (Lipinski definition) is 5. The van der Waals surface area contributed by atoms with E-state index in [4.69, 9.17) is 13.9 Å². The van der Waals surface area contributed by atoms with Crippen LogP contribution in [-0.4, -0.2) is 25.2 Å². The summed E-state index contributed by atoms with van der Waals surface area (Å²) in [6, 6.07) is 3.36. The van der Waals surface area contributed by atoms with Crippen molar-refractivity contribution in [1.82, 2.24) is 0 Å². The fourth-order valence-electron chi connectivity index (χ4n) is 1.23. The molecule has 0 fully saturated rings. The minimum atomic E-state index is -0.428. The van der Waals surface area contributed by atoms with E-state index in [1.807, 2.05) is 0 Å². The molecule has 1 heterocycles. The summed E-state index contributed by atoms with van der Waals surface area (Å²) in [7, 11) is 0. The van der Waals surface area contributed by atoms with Gasteiger partial charge >= 0.3 is 11.9 Å². The van der Waals surface area contributed by atoms with Crippen LogP contribution in [0.2, 0.25) is 0 Å². The van der Waals surface area contributed by atoms with Crippen LogP contribution in [0.25, 0.3) is 12.2 Å². The monoisotopic (exact) mass is 264 g/mol. The van der Waals surface area contributed by atoms with Crippen molar-refractivity contribution in [1.29, 1.82) is 0 Å². The zero-order valence-electron chi connectivity index (χ0n) is 10.9. The van der Waals surface area contributed by atoms with Crippen molar-refractivity contribution in [3.05, 3.63) is 35.8 Å². The third kappa shape index (κ3) is 5.72. The number of ether oxygens (including phenoxy) is 2. The Morgan fingerprint density at radius 3 is 1.79 bits per heavy atom. The molecule has 5 heteroatoms. The van der Waals surface area contributed by atoms with Crippen molar-refractivity contribution in [3.63, 3.8) is 0 Å². The largest absolute Gasteiger partial charge is 0.463 e. The minimum Gasteiger partial charge on any atom is -0.463 e. The van der Waals surface area contributed by atoms with Gasteiger partial charge in [-0.1, -0.05) is 0 Å². The Hall–Kier alpha value is -2.30. The third-order valence-electron chi connectivity index (χ3n) is 1.99. The lowest BCUT2D eigenvalue weighted by Gasteiger charge is -1.94. The molecule has 0 bridgehead atoms. The van der Waals surface area contributed by atoms with Crippen LogP contribution in [0.1, 0.15) is 25.4 Å². The smallest absolute Gasteiger partial charge is 0.330 e. The van der Waals surface area contributed by atoms with Crippen LogP contribution >= 0.6 is 0 Å². The van der Waals surface area contributed by atoms with Gasteiger partial charge in [0.15, 0.2) is 0 Å². The lowest BCUT2D eigenvalue weighted by Crippen LogP contribution is -1.98. The Bertz CT molecular complexity index is 439. The van der Waals surface area contributed by atoms with Gasteiger partial charge in [-0.05, 0) is 38.1 Å². The Balaban J connectivity index is 2.57. The summed E-state index contributed by atoms with van der Waals surface area (Å²) in [6.45, 7) is 4.12. The van der Waals surface area contributed by atoms with Crippen LogP contribution in [0.5, 0.6) is 0 Å². The lowest BCUT2D eigenvalue weighted by atomic mass is 10.3. The molecule has 102 valence electrons. The first-order valence-electron chi connectivity index (χ1n) is 5.95. The van der Waals surface area contributed by atoms with E-state index in [2.05, 4.69) is 0 Å². The fourth-order valence-corrected chi connectivity index (χ4v) is 1.23. The van der Waals surface area contributed by atoms with Gasteiger partial charge in [-0.25, -0.2) is 9.59 Å². The Morgan fingerprint density at radius 2 is 1.42 bits per heavy atom. The summed E-state index contributed by atoms with van der Waals surface area (Å²) in [6.07, 6.45) is 5.56. The molecule has 0 saturated carbocycles. The number of hydrogen-bond donors (Lipinski definition) is 0. The Labute approximate surface area is 111 Å². The molecule has 0 amide bonds. The molecular formula is C14H16O5. The van der Waals surface area contributed by atoms with E-state index in [1.165, 1.54) is 24.3 Å². The van der Waals surface area contributed by atoms with Crippen molar-refractivity contribution in [2.45, 2.75) is 13.8 Å². The van der Waals surface area contributed by atoms with E-state index in [9.17, 15) is 9.59 Å². The second-order valence-electron chi connectivity index (χ2n) is 3.41. The summed E-state index contributed by atoms with van der Waals surface area (Å²) in [4.78, 5) is 22.2. The van der Waals surface area contributed by atoms with Gasteiger partial charge in [0, 0.05) is 12.2 Å². The fraction of sp³-hybridized carbons (Fsp3) is 0.286. The van der Waals surface area contributed by atoms with Crippen molar-refractivity contribution in [2.75, 3.05) is 13.2 Å². The Morgan fingerprint density at radius 1 is 1.00 bits per heavy atom. The number of rotatable bonds is 6. The van der Waals surface area contributed by atoms with Crippen LogP contribution in [0.4, 0.5) is 0 Å². The molecular weight excluding hydrogens is 248 g/mol. The molecule has 1 aromatic heterocycles. The third-order valence-corrected chi connectivity index (χ3v) is 1.99. The topological polar surface area (TPSA) is 65.7 Å². The average molecular weight is 264 g/mol. The van der Waals surface area contributed by atoms with E-state index in [0.29, 0.717) is 24.7 Å². The van der Waals surface area contributed by atoms with Crippen molar-refractivity contribution >= 4 is 24.1 Å². The summed E-state index contributed by atoms with van der Waals surface area (Å²) in [5.41, 5.74) is 0. The van der Waals surface area contributed by atoms with Crippen LogP contribution in [0.15, 0.2) is 28.7 Å². The van der Waals surface area contributed by atoms with Crippen molar-refractivity contribution in [3.8, 4) is 0 Å². The van der Waals surface area contributed by atoms with Gasteiger partial charge in [-0.3, -0.25) is 0 Å². The Kier molecular flexibility index (Phi) is 6.15. The molecule has 19 heavy (non-hydrogen) atoms. The minimum absolute atomic E-state index is 0.328. The second-order valence-corrected chi connectivity index (χ2v) is 3.41. The zero-order chi connectivity index (χ0) is 14.1. The molecule has 1 aromatic rings. The predicted octanol–water partition coefficient (Wildman–Crippen LogP) is 2.43. The van der Waals surface area contributed by atoms with Gasteiger partial charge in [0.25, 0.3) is 0 Å². The van der Waals surface area contributed by atoms with Gasteiger partial charge in [-0.2, -0.15) is 0 Å². The zero-order valence-corrected chi connectivity index (χ0v) is 10.9. The first-order chi connectivity index (χ1) is 9.15. The highest BCUT2D eigenvalue weighted by Crippen LogP contribution is 2.11. The summed E-state index contributed by atoms with van der Waals surface area (Å²) >= 11 is 0. The number of esters is 2. The normalized spacial score (nSPS) is 11.1. The van der Waals surface area contributed by atoms with Crippen LogP contribution < -0.4 is 0 Å². The van der Waals surface area contributed by atoms with E-state index in [-0.39, 0.29) is 0 Å². The highest BCUT2D eigenvalue weighted by atomic mass is 16.5. The molecule has 0 aromatic carbocycles.